The first-order valence-electron chi connectivity index (χ1n) is 8.65. The first-order valence-corrected chi connectivity index (χ1v) is 10.5. The summed E-state index contributed by atoms with van der Waals surface area (Å²) in [5.41, 5.74) is -0.229. The Bertz CT molecular complexity index is 1110. The lowest BCUT2D eigenvalue weighted by molar-refractivity contribution is -0.121. The molecule has 3 rings (SSSR count). The number of nitrogens with one attached hydrogen (secondary N) is 1. The maximum atomic E-state index is 12.5. The van der Waals surface area contributed by atoms with Crippen LogP contribution < -0.4 is 16.4 Å². The Morgan fingerprint density at radius 2 is 1.81 bits per heavy atom. The van der Waals surface area contributed by atoms with Crippen LogP contribution in [0, 0.1) is 0 Å². The number of sulfone groups is 1. The molecule has 2 heterocycles. The van der Waals surface area contributed by atoms with Gasteiger partial charge in [0.15, 0.2) is 9.84 Å². The van der Waals surface area contributed by atoms with E-state index in [0.29, 0.717) is 17.5 Å². The van der Waals surface area contributed by atoms with Crippen LogP contribution in [0.25, 0.3) is 11.0 Å². The zero-order chi connectivity index (χ0) is 19.6. The average molecular weight is 391 g/mol. The minimum Gasteiger partial charge on any atom is -0.352 e. The molecule has 1 aliphatic heterocycles. The highest BCUT2D eigenvalue weighted by Crippen LogP contribution is 2.13. The van der Waals surface area contributed by atoms with Crippen molar-refractivity contribution in [2.45, 2.75) is 32.0 Å². The third-order valence-corrected chi connectivity index (χ3v) is 6.38. The van der Waals surface area contributed by atoms with Gasteiger partial charge in [0.2, 0.25) is 5.91 Å². The molecule has 2 aromatic rings. The highest BCUT2D eigenvalue weighted by molar-refractivity contribution is 7.91. The molecule has 1 atom stereocenters. The third kappa shape index (κ3) is 4.02. The summed E-state index contributed by atoms with van der Waals surface area (Å²) < 4.78 is 25.6. The predicted octanol–water partition coefficient (Wildman–Crippen LogP) is 0.0426. The molecule has 9 heteroatoms. The molecule has 0 aliphatic carbocycles. The van der Waals surface area contributed by atoms with Crippen molar-refractivity contribution in [3.8, 4) is 0 Å². The normalized spacial score (nSPS) is 18.4. The number of amides is 1. The lowest BCUT2D eigenvalue weighted by Gasteiger charge is -2.15. The van der Waals surface area contributed by atoms with Gasteiger partial charge in [-0.3, -0.25) is 19.0 Å². The van der Waals surface area contributed by atoms with Crippen molar-refractivity contribution in [3.05, 3.63) is 57.6 Å². The van der Waals surface area contributed by atoms with Gasteiger partial charge in [0, 0.05) is 25.6 Å². The first kappa shape index (κ1) is 19.1. The molecule has 1 aromatic carbocycles. The number of carbonyl (C=O) groups excluding carboxylic acids is 1. The molecule has 0 unspecified atom stereocenters. The van der Waals surface area contributed by atoms with E-state index >= 15 is 0 Å². The van der Waals surface area contributed by atoms with Gasteiger partial charge in [-0.25, -0.2) is 8.42 Å². The fourth-order valence-electron chi connectivity index (χ4n) is 3.32. The van der Waals surface area contributed by atoms with E-state index in [0.717, 1.165) is 0 Å². The second-order valence-electron chi connectivity index (χ2n) is 6.57. The monoisotopic (exact) mass is 391 g/mol. The van der Waals surface area contributed by atoms with Crippen molar-refractivity contribution in [2.75, 3.05) is 11.5 Å². The number of para-hydroxylation sites is 2. The Hall–Kier alpha value is -2.68. The molecule has 1 amide bonds. The Morgan fingerprint density at radius 3 is 2.41 bits per heavy atom. The zero-order valence-corrected chi connectivity index (χ0v) is 15.6. The van der Waals surface area contributed by atoms with E-state index < -0.39 is 27.0 Å². The molecule has 1 N–H and O–H groups in total. The molecule has 1 aromatic heterocycles. The fraction of sp³-hybridized carbons (Fsp3) is 0.389. The number of carbonyl (C=O) groups is 1. The SMILES string of the molecule is C=CCn1c(=O)c(=O)n(CCC(=O)N[C@H]2CCS(=O)(=O)C2)c2ccccc21. The highest BCUT2D eigenvalue weighted by atomic mass is 32.2. The maximum Gasteiger partial charge on any atom is 0.317 e. The second-order valence-corrected chi connectivity index (χ2v) is 8.80. The van der Waals surface area contributed by atoms with Crippen LogP contribution in [0.5, 0.6) is 0 Å². The highest BCUT2D eigenvalue weighted by Gasteiger charge is 2.28. The van der Waals surface area contributed by atoms with E-state index in [1.807, 2.05) is 0 Å². The summed E-state index contributed by atoms with van der Waals surface area (Å²) in [6, 6.07) is 6.58. The minimum atomic E-state index is -3.08. The molecule has 144 valence electrons. The van der Waals surface area contributed by atoms with Crippen molar-refractivity contribution in [1.29, 1.82) is 0 Å². The predicted molar refractivity (Wildman–Crippen MR) is 102 cm³/mol. The molecule has 1 saturated heterocycles. The van der Waals surface area contributed by atoms with Crippen LogP contribution in [-0.2, 0) is 27.7 Å². The maximum absolute atomic E-state index is 12.5. The standard InChI is InChI=1S/C18H21N3O5S/c1-2-9-20-14-5-3-4-6-15(14)21(18(24)17(20)23)10-7-16(22)19-13-8-11-27(25,26)12-13/h2-6,13H,1,7-12H2,(H,19,22)/t13-/m0/s1. The van der Waals surface area contributed by atoms with Crippen molar-refractivity contribution in [1.82, 2.24) is 14.5 Å². The Balaban J connectivity index is 1.83. The van der Waals surface area contributed by atoms with Crippen LogP contribution in [0.15, 0.2) is 46.5 Å². The van der Waals surface area contributed by atoms with Crippen molar-refractivity contribution in [3.63, 3.8) is 0 Å². The number of aromatic nitrogens is 2. The molecule has 0 saturated carbocycles. The summed E-state index contributed by atoms with van der Waals surface area (Å²) in [4.78, 5) is 37.1. The molecular weight excluding hydrogens is 370 g/mol. The van der Waals surface area contributed by atoms with Gasteiger partial charge in [0.1, 0.15) is 0 Å². The van der Waals surface area contributed by atoms with E-state index in [4.69, 9.17) is 0 Å². The van der Waals surface area contributed by atoms with E-state index in [9.17, 15) is 22.8 Å². The minimum absolute atomic E-state index is 0.0225. The summed E-state index contributed by atoms with van der Waals surface area (Å²) in [5, 5.41) is 2.69. The molecule has 0 radical (unpaired) electrons. The Labute approximate surface area is 156 Å². The largest absolute Gasteiger partial charge is 0.352 e. The summed E-state index contributed by atoms with van der Waals surface area (Å²) in [6.07, 6.45) is 1.92. The van der Waals surface area contributed by atoms with Gasteiger partial charge in [-0.1, -0.05) is 18.2 Å². The van der Waals surface area contributed by atoms with Crippen LogP contribution in [-0.4, -0.2) is 41.0 Å². The van der Waals surface area contributed by atoms with Crippen molar-refractivity contribution < 1.29 is 13.2 Å². The van der Waals surface area contributed by atoms with E-state index in [1.54, 1.807) is 30.3 Å². The van der Waals surface area contributed by atoms with E-state index in [1.165, 1.54) is 9.13 Å². The van der Waals surface area contributed by atoms with Gasteiger partial charge in [-0.05, 0) is 18.6 Å². The van der Waals surface area contributed by atoms with Crippen molar-refractivity contribution in [2.24, 2.45) is 0 Å². The van der Waals surface area contributed by atoms with Crippen LogP contribution >= 0.6 is 0 Å². The van der Waals surface area contributed by atoms with Gasteiger partial charge in [-0.2, -0.15) is 0 Å². The van der Waals surface area contributed by atoms with Crippen LogP contribution in [0.1, 0.15) is 12.8 Å². The van der Waals surface area contributed by atoms with Crippen LogP contribution in [0.3, 0.4) is 0 Å². The topological polar surface area (TPSA) is 107 Å². The third-order valence-electron chi connectivity index (χ3n) is 4.61. The number of benzene rings is 1. The molecule has 0 bridgehead atoms. The van der Waals surface area contributed by atoms with E-state index in [2.05, 4.69) is 11.9 Å². The second kappa shape index (κ2) is 7.51. The van der Waals surface area contributed by atoms with E-state index in [-0.39, 0.29) is 36.9 Å². The number of hydrogen-bond donors (Lipinski definition) is 1. The average Bonchev–Trinajstić information content (AvgIpc) is 2.97. The molecule has 0 spiro atoms. The quantitative estimate of drug-likeness (QED) is 0.553. The summed E-state index contributed by atoms with van der Waals surface area (Å²) in [7, 11) is -3.08. The summed E-state index contributed by atoms with van der Waals surface area (Å²) >= 11 is 0. The molecule has 27 heavy (non-hydrogen) atoms. The van der Waals surface area contributed by atoms with Gasteiger partial charge in [0.05, 0.1) is 22.5 Å². The number of nitrogens with zero attached hydrogens (tertiary/aromatic N) is 2. The Kier molecular flexibility index (Phi) is 5.31. The number of fused-ring (bicyclic) bond motifs is 1. The molecular formula is C18H21N3O5S. The lowest BCUT2D eigenvalue weighted by Crippen LogP contribution is -2.42. The number of rotatable bonds is 6. The van der Waals surface area contributed by atoms with Crippen molar-refractivity contribution >= 4 is 26.8 Å². The fourth-order valence-corrected chi connectivity index (χ4v) is 5.00. The van der Waals surface area contributed by atoms with Gasteiger partial charge < -0.3 is 9.88 Å². The van der Waals surface area contributed by atoms with Gasteiger partial charge in [-0.15, -0.1) is 6.58 Å². The van der Waals surface area contributed by atoms with Crippen LogP contribution in [0.2, 0.25) is 0 Å². The lowest BCUT2D eigenvalue weighted by atomic mass is 10.2. The smallest absolute Gasteiger partial charge is 0.317 e. The van der Waals surface area contributed by atoms with Gasteiger partial charge in [0.25, 0.3) is 0 Å². The number of hydrogen-bond acceptors (Lipinski definition) is 5. The molecule has 1 fully saturated rings. The molecule has 8 nitrogen and oxygen atoms in total. The molecule has 1 aliphatic rings. The first-order chi connectivity index (χ1) is 12.8. The van der Waals surface area contributed by atoms with Crippen LogP contribution in [0.4, 0.5) is 0 Å². The number of allylic oxidation sites excluding steroid dienone is 1. The van der Waals surface area contributed by atoms with Gasteiger partial charge >= 0.3 is 11.1 Å². The zero-order valence-electron chi connectivity index (χ0n) is 14.8. The summed E-state index contributed by atoms with van der Waals surface area (Å²) in [6.45, 7) is 3.86. The Morgan fingerprint density at radius 1 is 1.19 bits per heavy atom. The summed E-state index contributed by atoms with van der Waals surface area (Å²) in [5.74, 6) is -0.327. The number of aryl methyl sites for hydroxylation is 1.